The van der Waals surface area contributed by atoms with E-state index in [0.29, 0.717) is 11.5 Å². The Labute approximate surface area is 114 Å². The second-order valence-corrected chi connectivity index (χ2v) is 4.00. The van der Waals surface area contributed by atoms with Gasteiger partial charge in [-0.15, -0.1) is 0 Å². The fourth-order valence-electron chi connectivity index (χ4n) is 1.42. The van der Waals surface area contributed by atoms with Crippen molar-refractivity contribution in [2.75, 3.05) is 7.11 Å². The predicted octanol–water partition coefficient (Wildman–Crippen LogP) is 3.23. The molecule has 0 radical (unpaired) electrons. The Balaban J connectivity index is 2.28. The molecule has 0 unspecified atom stereocenters. The minimum absolute atomic E-state index is 0.0606. The fourth-order valence-corrected chi connectivity index (χ4v) is 1.61. The quantitative estimate of drug-likeness (QED) is 0.930. The van der Waals surface area contributed by atoms with Gasteiger partial charge in [-0.3, -0.25) is 0 Å². The molecular formula is C13H10ClNO4. The largest absolute Gasteiger partial charge is 0.497 e. The minimum Gasteiger partial charge on any atom is -0.497 e. The fraction of sp³-hybridized carbons (Fsp3) is 0.0769. The molecule has 2 rings (SSSR count). The van der Waals surface area contributed by atoms with Gasteiger partial charge in [0.15, 0.2) is 0 Å². The Bertz CT molecular complexity index is 615. The van der Waals surface area contributed by atoms with E-state index in [4.69, 9.17) is 26.2 Å². The molecule has 6 heteroatoms. The molecule has 5 nitrogen and oxygen atoms in total. The molecule has 0 fully saturated rings. The lowest BCUT2D eigenvalue weighted by Gasteiger charge is -2.07. The number of hydrogen-bond acceptors (Lipinski definition) is 4. The maximum absolute atomic E-state index is 10.9. The van der Waals surface area contributed by atoms with Crippen molar-refractivity contribution >= 4 is 17.6 Å². The molecule has 1 heterocycles. The molecule has 0 aliphatic rings. The van der Waals surface area contributed by atoms with Crippen molar-refractivity contribution in [3.05, 3.63) is 47.1 Å². The summed E-state index contributed by atoms with van der Waals surface area (Å²) in [6.45, 7) is 0. The van der Waals surface area contributed by atoms with Gasteiger partial charge in [0, 0.05) is 12.1 Å². The third kappa shape index (κ3) is 3.14. The van der Waals surface area contributed by atoms with Crippen LogP contribution in [-0.2, 0) is 0 Å². The first-order valence-corrected chi connectivity index (χ1v) is 5.68. The maximum Gasteiger partial charge on any atom is 0.337 e. The third-order valence-corrected chi connectivity index (χ3v) is 2.63. The zero-order valence-electron chi connectivity index (χ0n) is 9.96. The highest BCUT2D eigenvalue weighted by Crippen LogP contribution is 2.26. The van der Waals surface area contributed by atoms with E-state index < -0.39 is 5.97 Å². The molecule has 1 aromatic heterocycles. The highest BCUT2D eigenvalue weighted by molar-refractivity contribution is 6.33. The number of halogens is 1. The van der Waals surface area contributed by atoms with Crippen molar-refractivity contribution in [2.24, 2.45) is 0 Å². The van der Waals surface area contributed by atoms with E-state index in [2.05, 4.69) is 4.98 Å². The molecule has 0 aliphatic carbocycles. The first-order valence-electron chi connectivity index (χ1n) is 5.31. The highest BCUT2D eigenvalue weighted by Gasteiger charge is 2.11. The lowest BCUT2D eigenvalue weighted by molar-refractivity contribution is 0.0696. The van der Waals surface area contributed by atoms with Crippen LogP contribution < -0.4 is 9.47 Å². The molecule has 0 aliphatic heterocycles. The summed E-state index contributed by atoms with van der Waals surface area (Å²) in [7, 11) is 1.54. The van der Waals surface area contributed by atoms with Crippen LogP contribution in [0, 0.1) is 0 Å². The Hall–Kier alpha value is -2.27. The normalized spacial score (nSPS) is 10.0. The average Bonchev–Trinajstić information content (AvgIpc) is 2.41. The molecule has 0 spiro atoms. The van der Waals surface area contributed by atoms with Crippen LogP contribution in [0.25, 0.3) is 0 Å². The number of aromatic carboxylic acids is 1. The van der Waals surface area contributed by atoms with Gasteiger partial charge in [-0.1, -0.05) is 17.7 Å². The van der Waals surface area contributed by atoms with Crippen molar-refractivity contribution < 1.29 is 19.4 Å². The lowest BCUT2D eigenvalue weighted by atomic mass is 10.2. The van der Waals surface area contributed by atoms with Gasteiger partial charge in [-0.05, 0) is 12.1 Å². The first-order chi connectivity index (χ1) is 9.10. The summed E-state index contributed by atoms with van der Waals surface area (Å²) in [5, 5.41) is 9.01. The summed E-state index contributed by atoms with van der Waals surface area (Å²) < 4.78 is 10.5. The van der Waals surface area contributed by atoms with Crippen molar-refractivity contribution in [1.82, 2.24) is 4.98 Å². The molecule has 1 aromatic carbocycles. The summed E-state index contributed by atoms with van der Waals surface area (Å²) >= 11 is 5.72. The SMILES string of the molecule is COc1cccc(Oc2cc(C(=O)O)c(Cl)cn2)c1. The maximum atomic E-state index is 10.9. The van der Waals surface area contributed by atoms with Gasteiger partial charge in [-0.2, -0.15) is 0 Å². The van der Waals surface area contributed by atoms with Gasteiger partial charge >= 0.3 is 5.97 Å². The molecule has 19 heavy (non-hydrogen) atoms. The molecule has 0 bridgehead atoms. The van der Waals surface area contributed by atoms with Crippen LogP contribution in [0.3, 0.4) is 0 Å². The minimum atomic E-state index is -1.14. The van der Waals surface area contributed by atoms with Crippen LogP contribution >= 0.6 is 11.6 Å². The van der Waals surface area contributed by atoms with Crippen molar-refractivity contribution in [1.29, 1.82) is 0 Å². The summed E-state index contributed by atoms with van der Waals surface area (Å²) in [5.74, 6) is 0.133. The summed E-state index contributed by atoms with van der Waals surface area (Å²) in [5.41, 5.74) is -0.0606. The molecule has 0 atom stereocenters. The molecule has 0 saturated carbocycles. The number of nitrogens with zero attached hydrogens (tertiary/aromatic N) is 1. The number of carboxylic acids is 1. The van der Waals surface area contributed by atoms with Crippen molar-refractivity contribution in [3.63, 3.8) is 0 Å². The predicted molar refractivity (Wildman–Crippen MR) is 69.3 cm³/mol. The van der Waals surface area contributed by atoms with Gasteiger partial charge in [-0.25, -0.2) is 9.78 Å². The van der Waals surface area contributed by atoms with Crippen LogP contribution in [0.4, 0.5) is 0 Å². The lowest BCUT2D eigenvalue weighted by Crippen LogP contribution is -1.99. The van der Waals surface area contributed by atoms with E-state index in [1.54, 1.807) is 31.4 Å². The molecule has 0 amide bonds. The number of pyridine rings is 1. The number of benzene rings is 1. The molecule has 0 saturated heterocycles. The number of rotatable bonds is 4. The van der Waals surface area contributed by atoms with Crippen LogP contribution in [0.2, 0.25) is 5.02 Å². The molecule has 1 N–H and O–H groups in total. The smallest absolute Gasteiger partial charge is 0.337 e. The highest BCUT2D eigenvalue weighted by atomic mass is 35.5. The van der Waals surface area contributed by atoms with E-state index in [0.717, 1.165) is 0 Å². The number of carbonyl (C=O) groups is 1. The Morgan fingerprint density at radius 2 is 2.05 bits per heavy atom. The van der Waals surface area contributed by atoms with E-state index >= 15 is 0 Å². The number of aromatic nitrogens is 1. The standard InChI is InChI=1S/C13H10ClNO4/c1-18-8-3-2-4-9(5-8)19-12-6-10(13(16)17)11(14)7-15-12/h2-7H,1H3,(H,16,17). The van der Waals surface area contributed by atoms with Crippen LogP contribution in [0.15, 0.2) is 36.5 Å². The van der Waals surface area contributed by atoms with Crippen LogP contribution in [-0.4, -0.2) is 23.2 Å². The second kappa shape index (κ2) is 5.58. The molecular weight excluding hydrogens is 270 g/mol. The zero-order valence-corrected chi connectivity index (χ0v) is 10.7. The number of ether oxygens (including phenoxy) is 2. The third-order valence-electron chi connectivity index (χ3n) is 2.32. The monoisotopic (exact) mass is 279 g/mol. The number of carboxylic acid groups (broad SMARTS) is 1. The number of hydrogen-bond donors (Lipinski definition) is 1. The van der Waals surface area contributed by atoms with E-state index in [1.807, 2.05) is 0 Å². The molecule has 98 valence electrons. The van der Waals surface area contributed by atoms with E-state index in [1.165, 1.54) is 12.3 Å². The van der Waals surface area contributed by atoms with Crippen LogP contribution in [0.1, 0.15) is 10.4 Å². The van der Waals surface area contributed by atoms with Gasteiger partial charge in [0.1, 0.15) is 11.5 Å². The van der Waals surface area contributed by atoms with Gasteiger partial charge in [0.25, 0.3) is 0 Å². The Morgan fingerprint density at radius 3 is 2.74 bits per heavy atom. The van der Waals surface area contributed by atoms with Crippen LogP contribution in [0.5, 0.6) is 17.4 Å². The second-order valence-electron chi connectivity index (χ2n) is 3.59. The van der Waals surface area contributed by atoms with Crippen molar-refractivity contribution in [2.45, 2.75) is 0 Å². The Morgan fingerprint density at radius 1 is 1.32 bits per heavy atom. The summed E-state index contributed by atoms with van der Waals surface area (Å²) in [4.78, 5) is 14.9. The zero-order chi connectivity index (χ0) is 13.8. The topological polar surface area (TPSA) is 68.7 Å². The van der Waals surface area contributed by atoms with E-state index in [9.17, 15) is 4.79 Å². The first kappa shape index (κ1) is 13.2. The Kier molecular flexibility index (Phi) is 3.87. The summed E-state index contributed by atoms with van der Waals surface area (Å²) in [6, 6.07) is 8.16. The van der Waals surface area contributed by atoms with Gasteiger partial charge in [0.2, 0.25) is 5.88 Å². The molecule has 2 aromatic rings. The van der Waals surface area contributed by atoms with Gasteiger partial charge in [0.05, 0.1) is 23.9 Å². The summed E-state index contributed by atoms with van der Waals surface area (Å²) in [6.07, 6.45) is 1.24. The van der Waals surface area contributed by atoms with Gasteiger partial charge < -0.3 is 14.6 Å². The average molecular weight is 280 g/mol. The number of methoxy groups -OCH3 is 1. The van der Waals surface area contributed by atoms with Crippen molar-refractivity contribution in [3.8, 4) is 17.4 Å². The van der Waals surface area contributed by atoms with E-state index in [-0.39, 0.29) is 16.5 Å².